The standard InChI is InChI=1S/C16H19NOSi/c1-9-10(2)14(17)11(3)16(19)13(9)15(18)12-7-5-4-6-8-12/h4-8H,17H2,1-3,19H3. The molecule has 0 amide bonds. The monoisotopic (exact) mass is 269 g/mol. The Morgan fingerprint density at radius 1 is 1.00 bits per heavy atom. The molecular weight excluding hydrogens is 250 g/mol. The number of carbonyl (C=O) groups is 1. The first-order valence-electron chi connectivity index (χ1n) is 6.40. The fourth-order valence-corrected chi connectivity index (χ4v) is 3.29. The van der Waals surface area contributed by atoms with Crippen LogP contribution in [0.1, 0.15) is 32.6 Å². The quantitative estimate of drug-likeness (QED) is 0.509. The molecule has 0 aliphatic heterocycles. The summed E-state index contributed by atoms with van der Waals surface area (Å²) in [4.78, 5) is 12.7. The average Bonchev–Trinajstić information content (AvgIpc) is 2.44. The lowest BCUT2D eigenvalue weighted by molar-refractivity contribution is 0.103. The van der Waals surface area contributed by atoms with Gasteiger partial charge in [-0.2, -0.15) is 0 Å². The van der Waals surface area contributed by atoms with Crippen molar-refractivity contribution in [2.75, 3.05) is 5.73 Å². The van der Waals surface area contributed by atoms with Gasteiger partial charge in [0.2, 0.25) is 0 Å². The number of rotatable bonds is 2. The summed E-state index contributed by atoms with van der Waals surface area (Å²) in [6.45, 7) is 5.98. The predicted octanol–water partition coefficient (Wildman–Crippen LogP) is 1.42. The first-order valence-corrected chi connectivity index (χ1v) is 7.40. The number of anilines is 1. The fourth-order valence-electron chi connectivity index (χ4n) is 2.42. The molecule has 2 N–H and O–H groups in total. The van der Waals surface area contributed by atoms with E-state index in [-0.39, 0.29) is 5.78 Å². The second kappa shape index (κ2) is 5.01. The largest absolute Gasteiger partial charge is 0.398 e. The summed E-state index contributed by atoms with van der Waals surface area (Å²) < 4.78 is 0. The molecule has 2 nitrogen and oxygen atoms in total. The fraction of sp³-hybridized carbons (Fsp3) is 0.188. The van der Waals surface area contributed by atoms with E-state index in [2.05, 4.69) is 0 Å². The van der Waals surface area contributed by atoms with Gasteiger partial charge in [-0.3, -0.25) is 4.79 Å². The van der Waals surface area contributed by atoms with Crippen LogP contribution in [0.2, 0.25) is 0 Å². The van der Waals surface area contributed by atoms with Gasteiger partial charge >= 0.3 is 0 Å². The molecule has 0 aromatic heterocycles. The van der Waals surface area contributed by atoms with Gasteiger partial charge in [-0.1, -0.05) is 35.5 Å². The van der Waals surface area contributed by atoms with E-state index in [1.165, 1.54) is 0 Å². The highest BCUT2D eigenvalue weighted by molar-refractivity contribution is 6.39. The molecule has 0 unspecified atom stereocenters. The number of carbonyl (C=O) groups excluding carboxylic acids is 1. The summed E-state index contributed by atoms with van der Waals surface area (Å²) in [5, 5.41) is 1.12. The highest BCUT2D eigenvalue weighted by Gasteiger charge is 2.19. The van der Waals surface area contributed by atoms with Gasteiger partial charge in [0, 0.05) is 27.1 Å². The molecule has 0 spiro atoms. The normalized spacial score (nSPS) is 10.7. The van der Waals surface area contributed by atoms with E-state index in [4.69, 9.17) is 5.73 Å². The Labute approximate surface area is 117 Å². The summed E-state index contributed by atoms with van der Waals surface area (Å²) >= 11 is 0. The van der Waals surface area contributed by atoms with E-state index in [9.17, 15) is 4.79 Å². The molecule has 0 bridgehead atoms. The molecule has 19 heavy (non-hydrogen) atoms. The summed E-state index contributed by atoms with van der Waals surface area (Å²) in [7, 11) is 0.821. The third kappa shape index (κ3) is 2.21. The number of ketones is 1. The molecular formula is C16H19NOSi. The molecule has 0 aliphatic carbocycles. The van der Waals surface area contributed by atoms with Crippen LogP contribution < -0.4 is 10.9 Å². The Balaban J connectivity index is 2.67. The van der Waals surface area contributed by atoms with Crippen LogP contribution in [0.15, 0.2) is 30.3 Å². The molecule has 0 heterocycles. The van der Waals surface area contributed by atoms with Gasteiger partial charge in [0.25, 0.3) is 0 Å². The number of hydrogen-bond donors (Lipinski definition) is 1. The number of nitrogens with two attached hydrogens (primary N) is 1. The molecule has 0 saturated carbocycles. The SMILES string of the molecule is Cc1c(C)c(C(=O)c2ccccc2)c([SiH3])c(C)c1N. The average molecular weight is 269 g/mol. The molecule has 3 heteroatoms. The van der Waals surface area contributed by atoms with Crippen molar-refractivity contribution in [2.45, 2.75) is 20.8 Å². The Morgan fingerprint density at radius 2 is 1.58 bits per heavy atom. The third-order valence-corrected chi connectivity index (χ3v) is 5.20. The van der Waals surface area contributed by atoms with Gasteiger partial charge in [0.05, 0.1) is 0 Å². The van der Waals surface area contributed by atoms with Crippen molar-refractivity contribution in [1.29, 1.82) is 0 Å². The topological polar surface area (TPSA) is 43.1 Å². The van der Waals surface area contributed by atoms with E-state index in [0.29, 0.717) is 0 Å². The Kier molecular flexibility index (Phi) is 3.58. The lowest BCUT2D eigenvalue weighted by Crippen LogP contribution is -2.24. The van der Waals surface area contributed by atoms with E-state index in [1.807, 2.05) is 51.1 Å². The minimum absolute atomic E-state index is 0.106. The lowest BCUT2D eigenvalue weighted by atomic mass is 9.92. The molecule has 2 aromatic carbocycles. The van der Waals surface area contributed by atoms with Crippen molar-refractivity contribution in [3.63, 3.8) is 0 Å². The minimum atomic E-state index is 0.106. The van der Waals surface area contributed by atoms with Crippen LogP contribution in [0.4, 0.5) is 5.69 Å². The van der Waals surface area contributed by atoms with Crippen LogP contribution >= 0.6 is 0 Å². The van der Waals surface area contributed by atoms with Gasteiger partial charge < -0.3 is 5.73 Å². The molecule has 2 rings (SSSR count). The van der Waals surface area contributed by atoms with Crippen LogP contribution in [-0.4, -0.2) is 16.0 Å². The zero-order valence-electron chi connectivity index (χ0n) is 11.9. The predicted molar refractivity (Wildman–Crippen MR) is 84.5 cm³/mol. The maximum atomic E-state index is 12.7. The molecule has 0 atom stereocenters. The van der Waals surface area contributed by atoms with Crippen LogP contribution in [0.25, 0.3) is 0 Å². The zero-order chi connectivity index (χ0) is 14.2. The van der Waals surface area contributed by atoms with Gasteiger partial charge in [0.15, 0.2) is 5.78 Å². The summed E-state index contributed by atoms with van der Waals surface area (Å²) in [6, 6.07) is 9.44. The van der Waals surface area contributed by atoms with Crippen LogP contribution in [0.3, 0.4) is 0 Å². The van der Waals surface area contributed by atoms with Crippen molar-refractivity contribution in [1.82, 2.24) is 0 Å². The third-order valence-electron chi connectivity index (χ3n) is 3.95. The number of hydrogen-bond acceptors (Lipinski definition) is 2. The molecule has 2 aromatic rings. The highest BCUT2D eigenvalue weighted by atomic mass is 28.1. The molecule has 0 aliphatic rings. The van der Waals surface area contributed by atoms with Crippen molar-refractivity contribution in [3.8, 4) is 0 Å². The molecule has 0 saturated heterocycles. The first-order chi connectivity index (χ1) is 8.95. The van der Waals surface area contributed by atoms with E-state index < -0.39 is 0 Å². The van der Waals surface area contributed by atoms with Crippen LogP contribution in [0, 0.1) is 20.8 Å². The van der Waals surface area contributed by atoms with Crippen molar-refractivity contribution in [2.24, 2.45) is 0 Å². The first kappa shape index (κ1) is 13.6. The molecule has 98 valence electrons. The number of nitrogen functional groups attached to an aromatic ring is 1. The van der Waals surface area contributed by atoms with Gasteiger partial charge in [0.1, 0.15) is 0 Å². The van der Waals surface area contributed by atoms with E-state index >= 15 is 0 Å². The highest BCUT2D eigenvalue weighted by Crippen LogP contribution is 2.23. The van der Waals surface area contributed by atoms with Crippen LogP contribution in [0.5, 0.6) is 0 Å². The second-order valence-corrected chi connectivity index (χ2v) is 5.98. The van der Waals surface area contributed by atoms with E-state index in [0.717, 1.165) is 48.9 Å². The van der Waals surface area contributed by atoms with Crippen molar-refractivity contribution in [3.05, 3.63) is 58.1 Å². The number of benzene rings is 2. The summed E-state index contributed by atoms with van der Waals surface area (Å²) in [6.07, 6.45) is 0. The van der Waals surface area contributed by atoms with E-state index in [1.54, 1.807) is 0 Å². The van der Waals surface area contributed by atoms with Crippen LogP contribution in [-0.2, 0) is 0 Å². The molecule has 0 radical (unpaired) electrons. The maximum absolute atomic E-state index is 12.7. The maximum Gasteiger partial charge on any atom is 0.193 e. The summed E-state index contributed by atoms with van der Waals surface area (Å²) in [5.41, 5.74) is 11.6. The Morgan fingerprint density at radius 3 is 2.16 bits per heavy atom. The summed E-state index contributed by atoms with van der Waals surface area (Å²) in [5.74, 6) is 0.106. The van der Waals surface area contributed by atoms with Crippen molar-refractivity contribution < 1.29 is 4.79 Å². The lowest BCUT2D eigenvalue weighted by Gasteiger charge is -2.17. The van der Waals surface area contributed by atoms with Crippen molar-refractivity contribution >= 4 is 26.9 Å². The van der Waals surface area contributed by atoms with Gasteiger partial charge in [-0.05, 0) is 37.5 Å². The van der Waals surface area contributed by atoms with Gasteiger partial charge in [-0.25, -0.2) is 0 Å². The smallest absolute Gasteiger partial charge is 0.193 e. The second-order valence-electron chi connectivity index (χ2n) is 4.98. The Hall–Kier alpha value is -1.87. The zero-order valence-corrected chi connectivity index (χ0v) is 13.9. The minimum Gasteiger partial charge on any atom is -0.398 e. The Bertz CT molecular complexity index is 619. The molecule has 0 fully saturated rings. The van der Waals surface area contributed by atoms with Gasteiger partial charge in [-0.15, -0.1) is 0 Å².